The number of aromatic nitrogens is 3. The number of allylic oxidation sites excluding steroid dienone is 1. The third kappa shape index (κ3) is 3.90. The van der Waals surface area contributed by atoms with Crippen LogP contribution >= 0.6 is 11.8 Å². The SMILES string of the molecule is COC(=O)C1=C(C)Nc2nc(SCC(C)C)[nH]c(=O)c2[C@H]1c1cccnc1. The van der Waals surface area contributed by atoms with Crippen LogP contribution in [0.4, 0.5) is 5.82 Å². The van der Waals surface area contributed by atoms with Gasteiger partial charge in [-0.05, 0) is 24.5 Å². The molecule has 27 heavy (non-hydrogen) atoms. The number of rotatable bonds is 5. The van der Waals surface area contributed by atoms with Crippen LogP contribution in [-0.4, -0.2) is 33.8 Å². The number of nitrogens with zero attached hydrogens (tertiary/aromatic N) is 2. The van der Waals surface area contributed by atoms with Crippen molar-refractivity contribution in [2.24, 2.45) is 5.92 Å². The first kappa shape index (κ1) is 19.2. The van der Waals surface area contributed by atoms with Crippen molar-refractivity contribution in [1.82, 2.24) is 15.0 Å². The van der Waals surface area contributed by atoms with Gasteiger partial charge in [0.1, 0.15) is 5.82 Å². The van der Waals surface area contributed by atoms with E-state index in [1.165, 1.54) is 18.9 Å². The summed E-state index contributed by atoms with van der Waals surface area (Å²) < 4.78 is 4.96. The molecule has 1 atom stereocenters. The fourth-order valence-electron chi connectivity index (χ4n) is 3.01. The van der Waals surface area contributed by atoms with Crippen molar-refractivity contribution in [1.29, 1.82) is 0 Å². The highest BCUT2D eigenvalue weighted by molar-refractivity contribution is 7.99. The van der Waals surface area contributed by atoms with E-state index in [4.69, 9.17) is 4.74 Å². The second-order valence-electron chi connectivity index (χ2n) is 6.71. The van der Waals surface area contributed by atoms with E-state index in [2.05, 4.69) is 34.1 Å². The van der Waals surface area contributed by atoms with Gasteiger partial charge in [0.05, 0.1) is 24.2 Å². The predicted molar refractivity (Wildman–Crippen MR) is 105 cm³/mol. The first-order valence-electron chi connectivity index (χ1n) is 8.65. The quantitative estimate of drug-likeness (QED) is 0.463. The van der Waals surface area contributed by atoms with Gasteiger partial charge in [0.2, 0.25) is 0 Å². The number of aromatic amines is 1. The molecular weight excluding hydrogens is 364 g/mol. The van der Waals surface area contributed by atoms with Gasteiger partial charge in [-0.2, -0.15) is 0 Å². The van der Waals surface area contributed by atoms with E-state index in [-0.39, 0.29) is 5.56 Å². The number of H-pyrrole nitrogens is 1. The molecule has 1 aliphatic heterocycles. The number of thioether (sulfide) groups is 1. The summed E-state index contributed by atoms with van der Waals surface area (Å²) in [5, 5.41) is 3.66. The van der Waals surface area contributed by atoms with E-state index in [1.54, 1.807) is 25.4 Å². The Hall–Kier alpha value is -2.61. The van der Waals surface area contributed by atoms with Crippen molar-refractivity contribution in [3.63, 3.8) is 0 Å². The smallest absolute Gasteiger partial charge is 0.336 e. The third-order valence-corrected chi connectivity index (χ3v) is 5.50. The molecule has 2 aromatic heterocycles. The zero-order valence-electron chi connectivity index (χ0n) is 15.7. The van der Waals surface area contributed by atoms with Crippen molar-refractivity contribution in [2.45, 2.75) is 31.8 Å². The fourth-order valence-corrected chi connectivity index (χ4v) is 3.82. The van der Waals surface area contributed by atoms with Crippen LogP contribution in [0.2, 0.25) is 0 Å². The molecule has 0 bridgehead atoms. The minimum absolute atomic E-state index is 0.276. The third-order valence-electron chi connectivity index (χ3n) is 4.20. The molecule has 7 nitrogen and oxygen atoms in total. The summed E-state index contributed by atoms with van der Waals surface area (Å²) >= 11 is 1.50. The number of methoxy groups -OCH3 is 1. The van der Waals surface area contributed by atoms with Crippen LogP contribution in [0.15, 0.2) is 45.7 Å². The van der Waals surface area contributed by atoms with Gasteiger partial charge in [0, 0.05) is 23.8 Å². The van der Waals surface area contributed by atoms with Crippen molar-refractivity contribution in [3.05, 3.63) is 57.3 Å². The second kappa shape index (κ2) is 7.96. The van der Waals surface area contributed by atoms with Gasteiger partial charge in [-0.15, -0.1) is 0 Å². The van der Waals surface area contributed by atoms with E-state index >= 15 is 0 Å². The lowest BCUT2D eigenvalue weighted by atomic mass is 9.83. The summed E-state index contributed by atoms with van der Waals surface area (Å²) in [5.41, 5.74) is 1.84. The molecule has 0 amide bonds. The van der Waals surface area contributed by atoms with Crippen LogP contribution in [-0.2, 0) is 9.53 Å². The summed E-state index contributed by atoms with van der Waals surface area (Å²) in [5.74, 6) is 0.694. The minimum Gasteiger partial charge on any atom is -0.466 e. The first-order chi connectivity index (χ1) is 12.9. The Kier molecular flexibility index (Phi) is 5.65. The fraction of sp³-hybridized carbons (Fsp3) is 0.368. The molecule has 0 saturated carbocycles. The van der Waals surface area contributed by atoms with Crippen LogP contribution in [0.1, 0.15) is 37.8 Å². The molecule has 0 aromatic carbocycles. The van der Waals surface area contributed by atoms with Gasteiger partial charge in [0.15, 0.2) is 5.16 Å². The number of ether oxygens (including phenoxy) is 1. The maximum absolute atomic E-state index is 12.9. The van der Waals surface area contributed by atoms with Crippen molar-refractivity contribution >= 4 is 23.5 Å². The van der Waals surface area contributed by atoms with Gasteiger partial charge >= 0.3 is 5.97 Å². The van der Waals surface area contributed by atoms with Crippen LogP contribution in [0, 0.1) is 5.92 Å². The number of nitrogens with one attached hydrogen (secondary N) is 2. The molecule has 0 spiro atoms. The van der Waals surface area contributed by atoms with Gasteiger partial charge in [0.25, 0.3) is 5.56 Å². The summed E-state index contributed by atoms with van der Waals surface area (Å²) in [4.78, 5) is 36.9. The van der Waals surface area contributed by atoms with E-state index < -0.39 is 11.9 Å². The Morgan fingerprint density at radius 3 is 2.81 bits per heavy atom. The molecule has 0 unspecified atom stereocenters. The average Bonchev–Trinajstić information content (AvgIpc) is 2.65. The van der Waals surface area contributed by atoms with Crippen LogP contribution in [0.5, 0.6) is 0 Å². The molecule has 0 aliphatic carbocycles. The summed E-state index contributed by atoms with van der Waals surface area (Å²) in [7, 11) is 1.33. The zero-order valence-corrected chi connectivity index (χ0v) is 16.5. The number of pyridine rings is 1. The topological polar surface area (TPSA) is 97.0 Å². The number of hydrogen-bond acceptors (Lipinski definition) is 7. The van der Waals surface area contributed by atoms with Gasteiger partial charge in [-0.1, -0.05) is 31.7 Å². The Morgan fingerprint density at radius 2 is 2.19 bits per heavy atom. The highest BCUT2D eigenvalue weighted by Gasteiger charge is 2.36. The Labute approximate surface area is 161 Å². The molecule has 0 saturated heterocycles. The summed E-state index contributed by atoms with van der Waals surface area (Å²) in [6, 6.07) is 3.61. The minimum atomic E-state index is -0.595. The number of fused-ring (bicyclic) bond motifs is 1. The Balaban J connectivity index is 2.15. The molecule has 142 valence electrons. The molecule has 2 aromatic rings. The molecule has 8 heteroatoms. The monoisotopic (exact) mass is 386 g/mol. The second-order valence-corrected chi connectivity index (χ2v) is 7.72. The Bertz CT molecular complexity index is 938. The lowest BCUT2D eigenvalue weighted by molar-refractivity contribution is -0.136. The molecule has 0 radical (unpaired) electrons. The highest BCUT2D eigenvalue weighted by atomic mass is 32.2. The molecule has 0 fully saturated rings. The average molecular weight is 386 g/mol. The standard InChI is InChI=1S/C19H22N4O3S/c1-10(2)9-27-19-22-16-15(17(24)23-19)14(12-6-5-7-20-8-12)13(11(3)21-16)18(25)26-4/h5-8,10,14H,9H2,1-4H3,(H2,21,22,23,24)/t14-/m0/s1. The molecule has 2 N–H and O–H groups in total. The number of esters is 1. The van der Waals surface area contributed by atoms with E-state index in [1.807, 2.05) is 6.07 Å². The van der Waals surface area contributed by atoms with Crippen molar-refractivity contribution in [2.75, 3.05) is 18.2 Å². The van der Waals surface area contributed by atoms with Gasteiger partial charge in [-0.25, -0.2) is 9.78 Å². The number of carbonyl (C=O) groups is 1. The first-order valence-corrected chi connectivity index (χ1v) is 9.64. The van der Waals surface area contributed by atoms with E-state index in [0.29, 0.717) is 33.7 Å². The van der Waals surface area contributed by atoms with E-state index in [9.17, 15) is 9.59 Å². The largest absolute Gasteiger partial charge is 0.466 e. The Morgan fingerprint density at radius 1 is 1.41 bits per heavy atom. The van der Waals surface area contributed by atoms with Crippen molar-refractivity contribution < 1.29 is 9.53 Å². The number of carbonyl (C=O) groups excluding carboxylic acids is 1. The van der Waals surface area contributed by atoms with E-state index in [0.717, 1.165) is 11.3 Å². The van der Waals surface area contributed by atoms with Crippen molar-refractivity contribution in [3.8, 4) is 0 Å². The molecule has 3 rings (SSSR count). The summed E-state index contributed by atoms with van der Waals surface area (Å²) in [6.07, 6.45) is 3.30. The molecule has 1 aliphatic rings. The van der Waals surface area contributed by atoms with Crippen LogP contribution < -0.4 is 10.9 Å². The molecule has 3 heterocycles. The summed E-state index contributed by atoms with van der Waals surface area (Å²) in [6.45, 7) is 5.99. The highest BCUT2D eigenvalue weighted by Crippen LogP contribution is 2.39. The number of hydrogen-bond donors (Lipinski definition) is 2. The van der Waals surface area contributed by atoms with Crippen LogP contribution in [0.3, 0.4) is 0 Å². The van der Waals surface area contributed by atoms with Gasteiger partial charge < -0.3 is 15.0 Å². The van der Waals surface area contributed by atoms with Crippen LogP contribution in [0.25, 0.3) is 0 Å². The maximum Gasteiger partial charge on any atom is 0.336 e. The number of anilines is 1. The lowest BCUT2D eigenvalue weighted by Crippen LogP contribution is -2.31. The maximum atomic E-state index is 12.9. The normalized spacial score (nSPS) is 16.1. The predicted octanol–water partition coefficient (Wildman–Crippen LogP) is 2.92. The molecular formula is C19H22N4O3S. The van der Waals surface area contributed by atoms with Gasteiger partial charge in [-0.3, -0.25) is 9.78 Å². The lowest BCUT2D eigenvalue weighted by Gasteiger charge is -2.28. The zero-order chi connectivity index (χ0) is 19.6.